The number of ether oxygens (including phenoxy) is 1. The average Bonchev–Trinajstić information content (AvgIpc) is 2.89. The molecule has 0 aliphatic heterocycles. The van der Waals surface area contributed by atoms with Crippen molar-refractivity contribution in [3.63, 3.8) is 0 Å². The smallest absolute Gasteiger partial charge is 0.412 e. The van der Waals surface area contributed by atoms with Gasteiger partial charge < -0.3 is 20.9 Å². The molecule has 0 saturated carbocycles. The lowest BCUT2D eigenvalue weighted by Gasteiger charge is -2.26. The summed E-state index contributed by atoms with van der Waals surface area (Å²) < 4.78 is 6.95. The van der Waals surface area contributed by atoms with Gasteiger partial charge in [0.15, 0.2) is 5.78 Å². The van der Waals surface area contributed by atoms with Gasteiger partial charge in [0, 0.05) is 21.3 Å². The molecule has 0 aromatic heterocycles. The van der Waals surface area contributed by atoms with E-state index in [1.165, 1.54) is 13.0 Å². The van der Waals surface area contributed by atoms with E-state index in [2.05, 4.69) is 42.5 Å². The summed E-state index contributed by atoms with van der Waals surface area (Å²) in [4.78, 5) is 36.6. The number of benzene rings is 3. The lowest BCUT2D eigenvalue weighted by atomic mass is 9.92. The largest absolute Gasteiger partial charge is 0.506 e. The molecule has 204 valence electrons. The van der Waals surface area contributed by atoms with E-state index in [0.717, 1.165) is 0 Å². The van der Waals surface area contributed by atoms with Crippen LogP contribution in [0.5, 0.6) is 5.75 Å². The SMILES string of the molecule is CC(=O)c1ccc(NC(=O)O[C@@H](c2cc(Br)cc(Br)c2O)[C@H](C)CC/C=C/C(=O)Nc2ccccc2N)cc1. The van der Waals surface area contributed by atoms with Gasteiger partial charge in [-0.25, -0.2) is 4.79 Å². The number of hydrogen-bond donors (Lipinski definition) is 4. The van der Waals surface area contributed by atoms with E-state index >= 15 is 0 Å². The third kappa shape index (κ3) is 8.69. The zero-order chi connectivity index (χ0) is 28.5. The van der Waals surface area contributed by atoms with Crippen LogP contribution in [0.3, 0.4) is 0 Å². The molecule has 0 radical (unpaired) electrons. The standard InChI is InChI=1S/C29H29Br2N3O5/c1-17(7-3-6-10-26(36)34-25-9-5-4-8-24(25)32)28(22-15-20(30)16-23(31)27(22)37)39-29(38)33-21-13-11-19(12-14-21)18(2)35/h4-6,8-17,28,37H,3,7,32H2,1-2H3,(H,33,38)(H,34,36)/b10-6+/t17-,28-/m1/s1. The number of aromatic hydroxyl groups is 1. The summed E-state index contributed by atoms with van der Waals surface area (Å²) in [6, 6.07) is 16.8. The van der Waals surface area contributed by atoms with E-state index in [-0.39, 0.29) is 23.4 Å². The van der Waals surface area contributed by atoms with Gasteiger partial charge in [0.05, 0.1) is 15.8 Å². The third-order valence-electron chi connectivity index (χ3n) is 5.93. The number of para-hydroxylation sites is 2. The van der Waals surface area contributed by atoms with Crippen molar-refractivity contribution in [2.45, 2.75) is 32.8 Å². The average molecular weight is 659 g/mol. The van der Waals surface area contributed by atoms with Crippen molar-refractivity contribution < 1.29 is 24.2 Å². The van der Waals surface area contributed by atoms with Gasteiger partial charge in [-0.2, -0.15) is 0 Å². The van der Waals surface area contributed by atoms with Gasteiger partial charge in [0.25, 0.3) is 0 Å². The molecule has 10 heteroatoms. The minimum Gasteiger partial charge on any atom is -0.506 e. The maximum atomic E-state index is 12.8. The van der Waals surface area contributed by atoms with Crippen molar-refractivity contribution in [3.05, 3.63) is 92.9 Å². The Hall–Kier alpha value is -3.63. The number of amides is 2. The number of nitrogens with one attached hydrogen (secondary N) is 2. The van der Waals surface area contributed by atoms with E-state index in [4.69, 9.17) is 10.5 Å². The van der Waals surface area contributed by atoms with Gasteiger partial charge in [-0.15, -0.1) is 0 Å². The summed E-state index contributed by atoms with van der Waals surface area (Å²) in [5.74, 6) is -0.661. The summed E-state index contributed by atoms with van der Waals surface area (Å²) >= 11 is 6.76. The summed E-state index contributed by atoms with van der Waals surface area (Å²) in [6.07, 6.45) is 2.71. The van der Waals surface area contributed by atoms with Crippen LogP contribution in [0.2, 0.25) is 0 Å². The predicted molar refractivity (Wildman–Crippen MR) is 160 cm³/mol. The minimum atomic E-state index is -0.804. The maximum absolute atomic E-state index is 12.8. The topological polar surface area (TPSA) is 131 Å². The second-order valence-corrected chi connectivity index (χ2v) is 10.7. The molecule has 2 atom stereocenters. The molecule has 39 heavy (non-hydrogen) atoms. The first kappa shape index (κ1) is 29.9. The van der Waals surface area contributed by atoms with Gasteiger partial charge in [0.2, 0.25) is 5.91 Å². The normalized spacial score (nSPS) is 12.5. The molecule has 0 bridgehead atoms. The van der Waals surface area contributed by atoms with Gasteiger partial charge in [-0.05, 0) is 96.2 Å². The number of carbonyl (C=O) groups excluding carboxylic acids is 3. The Bertz CT molecular complexity index is 1380. The number of nitrogens with two attached hydrogens (primary N) is 1. The molecule has 2 amide bonds. The molecule has 3 aromatic rings. The molecule has 0 unspecified atom stereocenters. The first-order valence-electron chi connectivity index (χ1n) is 12.1. The van der Waals surface area contributed by atoms with E-state index < -0.39 is 12.2 Å². The molecule has 0 saturated heterocycles. The number of rotatable bonds is 10. The Morgan fingerprint density at radius 2 is 1.74 bits per heavy atom. The van der Waals surface area contributed by atoms with Crippen molar-refractivity contribution in [2.24, 2.45) is 5.92 Å². The van der Waals surface area contributed by atoms with Gasteiger partial charge in [0.1, 0.15) is 11.9 Å². The predicted octanol–water partition coefficient (Wildman–Crippen LogP) is 7.60. The van der Waals surface area contributed by atoms with Crippen LogP contribution >= 0.6 is 31.9 Å². The van der Waals surface area contributed by atoms with E-state index in [1.54, 1.807) is 66.7 Å². The van der Waals surface area contributed by atoms with E-state index in [1.807, 2.05) is 6.92 Å². The Morgan fingerprint density at radius 3 is 2.41 bits per heavy atom. The molecule has 8 nitrogen and oxygen atoms in total. The Balaban J connectivity index is 1.70. The van der Waals surface area contributed by atoms with Gasteiger partial charge >= 0.3 is 6.09 Å². The Morgan fingerprint density at radius 1 is 1.05 bits per heavy atom. The van der Waals surface area contributed by atoms with Crippen molar-refractivity contribution >= 4 is 66.7 Å². The monoisotopic (exact) mass is 657 g/mol. The van der Waals surface area contributed by atoms with Crippen LogP contribution in [0.15, 0.2) is 81.8 Å². The Kier molecular flexibility index (Phi) is 10.7. The maximum Gasteiger partial charge on any atom is 0.412 e. The molecule has 0 fully saturated rings. The fourth-order valence-corrected chi connectivity index (χ4v) is 5.08. The molecular formula is C29H29Br2N3O5. The number of ketones is 1. The molecule has 0 aliphatic rings. The molecule has 5 N–H and O–H groups in total. The number of anilines is 3. The minimum absolute atomic E-state index is 0.0379. The fraction of sp³-hybridized carbons (Fsp3) is 0.207. The number of phenolic OH excluding ortho intramolecular Hbond substituents is 1. The van der Waals surface area contributed by atoms with Crippen LogP contribution in [-0.4, -0.2) is 22.9 Å². The van der Waals surface area contributed by atoms with E-state index in [9.17, 15) is 19.5 Å². The highest BCUT2D eigenvalue weighted by Crippen LogP contribution is 2.40. The summed E-state index contributed by atoms with van der Waals surface area (Å²) in [5, 5.41) is 16.1. The van der Waals surface area contributed by atoms with Crippen molar-refractivity contribution in [1.82, 2.24) is 0 Å². The fourth-order valence-electron chi connectivity index (χ4n) is 3.83. The zero-order valence-electron chi connectivity index (χ0n) is 21.4. The number of phenols is 1. The highest BCUT2D eigenvalue weighted by Gasteiger charge is 2.27. The van der Waals surface area contributed by atoms with Crippen molar-refractivity contribution in [2.75, 3.05) is 16.4 Å². The Labute approximate surface area is 243 Å². The highest BCUT2D eigenvalue weighted by molar-refractivity contribution is 9.11. The molecule has 0 spiro atoms. The summed E-state index contributed by atoms with van der Waals surface area (Å²) in [7, 11) is 0. The number of allylic oxidation sites excluding steroid dienone is 1. The van der Waals surface area contributed by atoms with Crippen molar-refractivity contribution in [3.8, 4) is 5.75 Å². The first-order chi connectivity index (χ1) is 18.5. The number of carbonyl (C=O) groups is 3. The number of Topliss-reactive ketones (excluding diaryl/α,β-unsaturated/α-hetero) is 1. The third-order valence-corrected chi connectivity index (χ3v) is 6.99. The number of hydrogen-bond acceptors (Lipinski definition) is 6. The van der Waals surface area contributed by atoms with Crippen molar-refractivity contribution in [1.29, 1.82) is 0 Å². The first-order valence-corrected chi connectivity index (χ1v) is 13.7. The number of nitrogen functional groups attached to an aromatic ring is 1. The van der Waals surface area contributed by atoms with Crippen LogP contribution in [0.25, 0.3) is 0 Å². The molecular weight excluding hydrogens is 630 g/mol. The van der Waals surface area contributed by atoms with Gasteiger partial charge in [-0.3, -0.25) is 14.9 Å². The quantitative estimate of drug-likeness (QED) is 0.101. The second-order valence-electron chi connectivity index (χ2n) is 8.94. The van der Waals surface area contributed by atoms with Gasteiger partial charge in [-0.1, -0.05) is 41.1 Å². The van der Waals surface area contributed by atoms with Crippen LogP contribution in [-0.2, 0) is 9.53 Å². The lowest BCUT2D eigenvalue weighted by Crippen LogP contribution is -2.22. The summed E-state index contributed by atoms with van der Waals surface area (Å²) in [6.45, 7) is 3.36. The van der Waals surface area contributed by atoms with Crippen LogP contribution in [0, 0.1) is 5.92 Å². The van der Waals surface area contributed by atoms with Crippen LogP contribution in [0.1, 0.15) is 48.7 Å². The molecule has 0 heterocycles. The van der Waals surface area contributed by atoms with Crippen LogP contribution in [0.4, 0.5) is 21.9 Å². The highest BCUT2D eigenvalue weighted by atomic mass is 79.9. The molecule has 3 aromatic carbocycles. The number of halogens is 2. The second kappa shape index (κ2) is 14.0. The molecule has 0 aliphatic carbocycles. The van der Waals surface area contributed by atoms with Crippen LogP contribution < -0.4 is 16.4 Å². The lowest BCUT2D eigenvalue weighted by molar-refractivity contribution is -0.111. The van der Waals surface area contributed by atoms with E-state index in [0.29, 0.717) is 50.0 Å². The summed E-state index contributed by atoms with van der Waals surface area (Å²) in [5.41, 5.74) is 8.28. The zero-order valence-corrected chi connectivity index (χ0v) is 24.6. The molecule has 3 rings (SSSR count).